The van der Waals surface area contributed by atoms with E-state index >= 15 is 0 Å². The Balaban J connectivity index is 2.26. The molecule has 0 fully saturated rings. The molecule has 0 aliphatic rings. The highest BCUT2D eigenvalue weighted by Crippen LogP contribution is 2.25. The number of guanidine groups is 1. The summed E-state index contributed by atoms with van der Waals surface area (Å²) < 4.78 is 0. The molecule has 0 saturated carbocycles. The van der Waals surface area contributed by atoms with Gasteiger partial charge in [-0.25, -0.2) is 4.98 Å². The van der Waals surface area contributed by atoms with E-state index in [-0.39, 0.29) is 5.96 Å². The number of benzene rings is 1. The molecule has 1 aromatic heterocycles. The van der Waals surface area contributed by atoms with E-state index in [1.54, 1.807) is 0 Å². The molecular weight excluding hydrogens is 234 g/mol. The summed E-state index contributed by atoms with van der Waals surface area (Å²) in [7, 11) is 0. The number of hydrogen-bond donors (Lipinski definition) is 4. The summed E-state index contributed by atoms with van der Waals surface area (Å²) in [6, 6.07) is 7.91. The molecular formula is C11H13N5S. The number of thiazole rings is 1. The molecule has 0 spiro atoms. The molecule has 6 N–H and O–H groups in total. The van der Waals surface area contributed by atoms with Crippen LogP contribution in [0.1, 0.15) is 5.56 Å². The highest BCUT2D eigenvalue weighted by atomic mass is 32.1. The summed E-state index contributed by atoms with van der Waals surface area (Å²) in [6.45, 7) is 0.510. The van der Waals surface area contributed by atoms with E-state index < -0.39 is 0 Å². The number of anilines is 1. The Hall–Kier alpha value is -1.92. The molecule has 2 aromatic rings. The lowest BCUT2D eigenvalue weighted by Gasteiger charge is -2.00. The van der Waals surface area contributed by atoms with Crippen molar-refractivity contribution in [3.8, 4) is 11.3 Å². The van der Waals surface area contributed by atoms with Crippen molar-refractivity contribution >= 4 is 22.4 Å². The van der Waals surface area contributed by atoms with Crippen LogP contribution in [0.5, 0.6) is 0 Å². The Kier molecular flexibility index (Phi) is 3.36. The second-order valence-corrected chi connectivity index (χ2v) is 4.34. The van der Waals surface area contributed by atoms with Crippen molar-refractivity contribution < 1.29 is 0 Å². The Morgan fingerprint density at radius 1 is 1.47 bits per heavy atom. The van der Waals surface area contributed by atoms with E-state index in [4.69, 9.17) is 16.9 Å². The van der Waals surface area contributed by atoms with Gasteiger partial charge in [0.05, 0.1) is 5.69 Å². The van der Waals surface area contributed by atoms with Crippen molar-refractivity contribution in [1.29, 1.82) is 5.41 Å². The van der Waals surface area contributed by atoms with Crippen LogP contribution in [0.25, 0.3) is 11.3 Å². The fraction of sp³-hybridized carbons (Fsp3) is 0.0909. The molecule has 0 saturated heterocycles. The molecule has 6 heteroatoms. The first kappa shape index (κ1) is 11.6. The molecule has 88 valence electrons. The van der Waals surface area contributed by atoms with Gasteiger partial charge in [-0.15, -0.1) is 11.3 Å². The third kappa shape index (κ3) is 2.80. The quantitative estimate of drug-likeness (QED) is 0.488. The van der Waals surface area contributed by atoms with Gasteiger partial charge in [0.15, 0.2) is 11.1 Å². The Labute approximate surface area is 103 Å². The third-order valence-corrected chi connectivity index (χ3v) is 2.96. The Bertz CT molecular complexity index is 534. The molecule has 0 aliphatic heterocycles. The molecule has 2 rings (SSSR count). The van der Waals surface area contributed by atoms with Crippen LogP contribution in [0.3, 0.4) is 0 Å². The van der Waals surface area contributed by atoms with Crippen molar-refractivity contribution in [3.05, 3.63) is 35.2 Å². The van der Waals surface area contributed by atoms with Crippen LogP contribution in [0.4, 0.5) is 5.13 Å². The molecule has 0 atom stereocenters. The second kappa shape index (κ2) is 4.94. The molecule has 0 bridgehead atoms. The van der Waals surface area contributed by atoms with Crippen LogP contribution < -0.4 is 16.8 Å². The first-order valence-electron chi connectivity index (χ1n) is 5.05. The minimum Gasteiger partial charge on any atom is -0.370 e. The Morgan fingerprint density at radius 3 is 3.00 bits per heavy atom. The highest BCUT2D eigenvalue weighted by molar-refractivity contribution is 7.14. The highest BCUT2D eigenvalue weighted by Gasteiger charge is 2.05. The van der Waals surface area contributed by atoms with Crippen LogP contribution in [0.15, 0.2) is 29.6 Å². The van der Waals surface area contributed by atoms with Gasteiger partial charge in [0.2, 0.25) is 0 Å². The van der Waals surface area contributed by atoms with Gasteiger partial charge < -0.3 is 16.8 Å². The van der Waals surface area contributed by atoms with Gasteiger partial charge in [-0.3, -0.25) is 5.41 Å². The maximum Gasteiger partial charge on any atom is 0.192 e. The molecule has 0 amide bonds. The van der Waals surface area contributed by atoms with Crippen LogP contribution in [-0.2, 0) is 6.54 Å². The van der Waals surface area contributed by atoms with E-state index in [0.717, 1.165) is 16.8 Å². The van der Waals surface area contributed by atoms with Crippen LogP contribution in [0, 0.1) is 5.41 Å². The van der Waals surface area contributed by atoms with Crippen molar-refractivity contribution in [2.45, 2.75) is 6.54 Å². The number of rotatable bonds is 3. The van der Waals surface area contributed by atoms with E-state index in [0.29, 0.717) is 11.7 Å². The standard InChI is InChI=1S/C11H13N5S/c12-5-7-2-1-3-8(4-7)9-6-17-11(15-9)16-10(13)14/h1-4,6H,5,12H2,(H4,13,14,15,16). The van der Waals surface area contributed by atoms with Gasteiger partial charge >= 0.3 is 0 Å². The van der Waals surface area contributed by atoms with Crippen LogP contribution >= 0.6 is 11.3 Å². The van der Waals surface area contributed by atoms with Gasteiger partial charge in [-0.2, -0.15) is 0 Å². The molecule has 0 radical (unpaired) electrons. The van der Waals surface area contributed by atoms with Crippen molar-refractivity contribution in [1.82, 2.24) is 4.98 Å². The van der Waals surface area contributed by atoms with E-state index in [2.05, 4.69) is 10.3 Å². The first-order valence-corrected chi connectivity index (χ1v) is 5.93. The molecule has 1 aromatic carbocycles. The Morgan fingerprint density at radius 2 is 2.29 bits per heavy atom. The van der Waals surface area contributed by atoms with Gasteiger partial charge in [0.25, 0.3) is 0 Å². The number of nitrogens with one attached hydrogen (secondary N) is 2. The summed E-state index contributed by atoms with van der Waals surface area (Å²) in [5.41, 5.74) is 13.8. The topological polar surface area (TPSA) is 101 Å². The molecule has 0 unspecified atom stereocenters. The van der Waals surface area contributed by atoms with Gasteiger partial charge in [0, 0.05) is 17.5 Å². The molecule has 0 aliphatic carbocycles. The SMILES string of the molecule is N=C(N)Nc1nc(-c2cccc(CN)c2)cs1. The fourth-order valence-electron chi connectivity index (χ4n) is 1.44. The lowest BCUT2D eigenvalue weighted by molar-refractivity contribution is 1.07. The molecule has 5 nitrogen and oxygen atoms in total. The average Bonchev–Trinajstić information content (AvgIpc) is 2.77. The van der Waals surface area contributed by atoms with Gasteiger partial charge in [0.1, 0.15) is 0 Å². The number of nitrogens with zero attached hydrogens (tertiary/aromatic N) is 1. The average molecular weight is 247 g/mol. The predicted octanol–water partition coefficient (Wildman–Crippen LogP) is 1.57. The van der Waals surface area contributed by atoms with Crippen LogP contribution in [-0.4, -0.2) is 10.9 Å². The number of nitrogens with two attached hydrogens (primary N) is 2. The zero-order valence-corrected chi connectivity index (χ0v) is 9.92. The van der Waals surface area contributed by atoms with Crippen molar-refractivity contribution in [3.63, 3.8) is 0 Å². The summed E-state index contributed by atoms with van der Waals surface area (Å²) in [6.07, 6.45) is 0. The van der Waals surface area contributed by atoms with Crippen molar-refractivity contribution in [2.24, 2.45) is 11.5 Å². The zero-order valence-electron chi connectivity index (χ0n) is 9.10. The number of hydrogen-bond acceptors (Lipinski definition) is 4. The minimum atomic E-state index is -0.110. The van der Waals surface area contributed by atoms with E-state index in [9.17, 15) is 0 Å². The summed E-state index contributed by atoms with van der Waals surface area (Å²) in [5, 5.41) is 12.3. The normalized spacial score (nSPS) is 10.2. The first-order chi connectivity index (χ1) is 8.19. The maximum absolute atomic E-state index is 7.13. The third-order valence-electron chi connectivity index (χ3n) is 2.20. The van der Waals surface area contributed by atoms with Gasteiger partial charge in [-0.05, 0) is 11.6 Å². The van der Waals surface area contributed by atoms with Crippen LogP contribution in [0.2, 0.25) is 0 Å². The molecule has 17 heavy (non-hydrogen) atoms. The maximum atomic E-state index is 7.13. The monoisotopic (exact) mass is 247 g/mol. The fourth-order valence-corrected chi connectivity index (χ4v) is 2.17. The second-order valence-electron chi connectivity index (χ2n) is 3.48. The predicted molar refractivity (Wildman–Crippen MR) is 71.0 cm³/mol. The minimum absolute atomic E-state index is 0.110. The van der Waals surface area contributed by atoms with E-state index in [1.807, 2.05) is 29.6 Å². The van der Waals surface area contributed by atoms with E-state index in [1.165, 1.54) is 11.3 Å². The summed E-state index contributed by atoms with van der Waals surface area (Å²) in [5.74, 6) is -0.110. The zero-order chi connectivity index (χ0) is 12.3. The largest absolute Gasteiger partial charge is 0.370 e. The molecule has 1 heterocycles. The number of aromatic nitrogens is 1. The lowest BCUT2D eigenvalue weighted by atomic mass is 10.1. The smallest absolute Gasteiger partial charge is 0.192 e. The summed E-state index contributed by atoms with van der Waals surface area (Å²) in [4.78, 5) is 4.34. The van der Waals surface area contributed by atoms with Gasteiger partial charge in [-0.1, -0.05) is 18.2 Å². The van der Waals surface area contributed by atoms with Crippen molar-refractivity contribution in [2.75, 3.05) is 5.32 Å². The summed E-state index contributed by atoms with van der Waals surface area (Å²) >= 11 is 1.41. The lowest BCUT2D eigenvalue weighted by Crippen LogP contribution is -2.20.